The van der Waals surface area contributed by atoms with Crippen molar-refractivity contribution in [2.24, 2.45) is 0 Å². The molecule has 0 aromatic carbocycles. The van der Waals surface area contributed by atoms with Gasteiger partial charge in [-0.15, -0.1) is 10.2 Å². The van der Waals surface area contributed by atoms with Gasteiger partial charge in [0.25, 0.3) is 0 Å². The summed E-state index contributed by atoms with van der Waals surface area (Å²) < 4.78 is 7.31. The quantitative estimate of drug-likeness (QED) is 0.859. The van der Waals surface area contributed by atoms with Crippen molar-refractivity contribution in [2.75, 3.05) is 7.05 Å². The summed E-state index contributed by atoms with van der Waals surface area (Å²) in [5.74, 6) is 2.81. The maximum atomic E-state index is 12.6. The predicted molar refractivity (Wildman–Crippen MR) is 83.9 cm³/mol. The van der Waals surface area contributed by atoms with E-state index in [1.54, 1.807) is 0 Å². The average molecular weight is 317 g/mol. The Labute approximate surface area is 135 Å². The van der Waals surface area contributed by atoms with E-state index in [2.05, 4.69) is 19.9 Å². The number of carbonyl (C=O) groups excluding carboxylic acids is 1. The Morgan fingerprint density at radius 3 is 2.78 bits per heavy atom. The second-order valence-corrected chi connectivity index (χ2v) is 6.28. The SMILES string of the molecule is Cc1noc(C)c1CC(=O)N(C)C1CCc2nnc(C)n2CC1. The Hall–Kier alpha value is -2.18. The highest BCUT2D eigenvalue weighted by Crippen LogP contribution is 2.20. The molecule has 1 atom stereocenters. The van der Waals surface area contributed by atoms with Crippen LogP contribution in [0, 0.1) is 20.8 Å². The molecule has 0 spiro atoms. The topological polar surface area (TPSA) is 77.1 Å². The first-order valence-electron chi connectivity index (χ1n) is 8.03. The van der Waals surface area contributed by atoms with Crippen LogP contribution >= 0.6 is 0 Å². The zero-order chi connectivity index (χ0) is 16.6. The number of nitrogens with zero attached hydrogens (tertiary/aromatic N) is 5. The summed E-state index contributed by atoms with van der Waals surface area (Å²) in [5.41, 5.74) is 1.70. The molecule has 1 aliphatic rings. The lowest BCUT2D eigenvalue weighted by atomic mass is 10.1. The zero-order valence-electron chi connectivity index (χ0n) is 14.2. The molecule has 7 nitrogen and oxygen atoms in total. The highest BCUT2D eigenvalue weighted by atomic mass is 16.5. The number of amides is 1. The molecule has 0 saturated heterocycles. The van der Waals surface area contributed by atoms with E-state index < -0.39 is 0 Å². The number of rotatable bonds is 3. The van der Waals surface area contributed by atoms with Crippen molar-refractivity contribution in [3.63, 3.8) is 0 Å². The summed E-state index contributed by atoms with van der Waals surface area (Å²) >= 11 is 0. The van der Waals surface area contributed by atoms with E-state index in [0.717, 1.165) is 54.5 Å². The maximum Gasteiger partial charge on any atom is 0.227 e. The minimum atomic E-state index is 0.110. The molecule has 2 aromatic heterocycles. The first-order chi connectivity index (χ1) is 11.0. The van der Waals surface area contributed by atoms with Crippen molar-refractivity contribution >= 4 is 5.91 Å². The van der Waals surface area contributed by atoms with Gasteiger partial charge < -0.3 is 14.0 Å². The summed E-state index contributed by atoms with van der Waals surface area (Å²) in [6, 6.07) is 0.226. The van der Waals surface area contributed by atoms with Gasteiger partial charge in [0.1, 0.15) is 17.4 Å². The molecule has 23 heavy (non-hydrogen) atoms. The lowest BCUT2D eigenvalue weighted by Crippen LogP contribution is -2.38. The lowest BCUT2D eigenvalue weighted by Gasteiger charge is -2.27. The smallest absolute Gasteiger partial charge is 0.227 e. The Morgan fingerprint density at radius 1 is 1.30 bits per heavy atom. The van der Waals surface area contributed by atoms with E-state index in [0.29, 0.717) is 6.42 Å². The van der Waals surface area contributed by atoms with Crippen LogP contribution in [0.25, 0.3) is 0 Å². The summed E-state index contributed by atoms with van der Waals surface area (Å²) in [6.45, 7) is 6.56. The molecule has 3 heterocycles. The van der Waals surface area contributed by atoms with Crippen LogP contribution in [-0.2, 0) is 24.2 Å². The van der Waals surface area contributed by atoms with Gasteiger partial charge in [-0.05, 0) is 33.6 Å². The number of aromatic nitrogens is 4. The molecule has 0 N–H and O–H groups in total. The lowest BCUT2D eigenvalue weighted by molar-refractivity contribution is -0.131. The summed E-state index contributed by atoms with van der Waals surface area (Å²) in [5, 5.41) is 12.3. The molecule has 0 saturated carbocycles. The van der Waals surface area contributed by atoms with E-state index in [1.165, 1.54) is 0 Å². The van der Waals surface area contributed by atoms with E-state index in [4.69, 9.17) is 4.52 Å². The molecule has 124 valence electrons. The summed E-state index contributed by atoms with van der Waals surface area (Å²) in [6.07, 6.45) is 3.05. The zero-order valence-corrected chi connectivity index (χ0v) is 14.2. The van der Waals surface area contributed by atoms with Gasteiger partial charge in [-0.1, -0.05) is 5.16 Å². The van der Waals surface area contributed by atoms with Crippen molar-refractivity contribution in [3.05, 3.63) is 28.7 Å². The molecule has 1 aliphatic heterocycles. The van der Waals surface area contributed by atoms with Gasteiger partial charge in [0.2, 0.25) is 5.91 Å². The summed E-state index contributed by atoms with van der Waals surface area (Å²) in [4.78, 5) is 14.5. The molecule has 0 bridgehead atoms. The van der Waals surface area contributed by atoms with Crippen LogP contribution in [-0.4, -0.2) is 43.8 Å². The van der Waals surface area contributed by atoms with E-state index in [1.807, 2.05) is 32.7 Å². The Kier molecular flexibility index (Phi) is 4.19. The Balaban J connectivity index is 1.66. The van der Waals surface area contributed by atoms with E-state index in [-0.39, 0.29) is 11.9 Å². The number of hydrogen-bond donors (Lipinski definition) is 0. The van der Waals surface area contributed by atoms with Crippen LogP contribution in [0.5, 0.6) is 0 Å². The minimum Gasteiger partial charge on any atom is -0.361 e. The third-order valence-corrected chi connectivity index (χ3v) is 4.85. The van der Waals surface area contributed by atoms with Gasteiger partial charge in [0, 0.05) is 31.6 Å². The van der Waals surface area contributed by atoms with Gasteiger partial charge in [-0.25, -0.2) is 0 Å². The van der Waals surface area contributed by atoms with Crippen molar-refractivity contribution in [3.8, 4) is 0 Å². The predicted octanol–water partition coefficient (Wildman–Crippen LogP) is 1.60. The van der Waals surface area contributed by atoms with Crippen LogP contribution < -0.4 is 0 Å². The van der Waals surface area contributed by atoms with Crippen molar-refractivity contribution in [1.82, 2.24) is 24.8 Å². The fourth-order valence-corrected chi connectivity index (χ4v) is 3.24. The molecule has 1 amide bonds. The first-order valence-corrected chi connectivity index (χ1v) is 8.03. The number of fused-ring (bicyclic) bond motifs is 1. The van der Waals surface area contributed by atoms with E-state index >= 15 is 0 Å². The molecule has 7 heteroatoms. The van der Waals surface area contributed by atoms with Crippen molar-refractivity contribution in [1.29, 1.82) is 0 Å². The molecule has 3 rings (SSSR count). The standard InChI is InChI=1S/C16H23N5O2/c1-10-14(11(2)23-19-10)9-16(22)20(4)13-5-6-15-18-17-12(3)21(15)8-7-13/h13H,5-9H2,1-4H3. The Morgan fingerprint density at radius 2 is 2.09 bits per heavy atom. The van der Waals surface area contributed by atoms with Crippen LogP contribution in [0.15, 0.2) is 4.52 Å². The third kappa shape index (κ3) is 3.00. The third-order valence-electron chi connectivity index (χ3n) is 4.85. The van der Waals surface area contributed by atoms with Crippen LogP contribution in [0.1, 0.15) is 41.5 Å². The number of hydrogen-bond acceptors (Lipinski definition) is 5. The van der Waals surface area contributed by atoms with Gasteiger partial charge in [-0.3, -0.25) is 4.79 Å². The molecule has 0 aliphatic carbocycles. The number of aryl methyl sites for hydroxylation is 4. The van der Waals surface area contributed by atoms with Gasteiger partial charge in [0.05, 0.1) is 12.1 Å². The highest BCUT2D eigenvalue weighted by Gasteiger charge is 2.25. The van der Waals surface area contributed by atoms with Crippen LogP contribution in [0.4, 0.5) is 0 Å². The van der Waals surface area contributed by atoms with Crippen molar-refractivity contribution in [2.45, 2.75) is 59.0 Å². The minimum absolute atomic E-state index is 0.110. The van der Waals surface area contributed by atoms with Gasteiger partial charge >= 0.3 is 0 Å². The van der Waals surface area contributed by atoms with E-state index in [9.17, 15) is 4.79 Å². The van der Waals surface area contributed by atoms with Crippen molar-refractivity contribution < 1.29 is 9.32 Å². The van der Waals surface area contributed by atoms with Gasteiger partial charge in [-0.2, -0.15) is 0 Å². The maximum absolute atomic E-state index is 12.6. The fourth-order valence-electron chi connectivity index (χ4n) is 3.24. The van der Waals surface area contributed by atoms with Crippen LogP contribution in [0.3, 0.4) is 0 Å². The first kappa shape index (κ1) is 15.7. The largest absolute Gasteiger partial charge is 0.361 e. The Bertz CT molecular complexity index is 699. The van der Waals surface area contributed by atoms with Crippen LogP contribution in [0.2, 0.25) is 0 Å². The monoisotopic (exact) mass is 317 g/mol. The van der Waals surface area contributed by atoms with Gasteiger partial charge in [0.15, 0.2) is 0 Å². The summed E-state index contributed by atoms with van der Waals surface area (Å²) in [7, 11) is 1.89. The second-order valence-electron chi connectivity index (χ2n) is 6.28. The molecule has 0 fully saturated rings. The molecule has 0 radical (unpaired) electrons. The molecule has 1 unspecified atom stereocenters. The molecule has 2 aromatic rings. The second kappa shape index (κ2) is 6.14. The molecular formula is C16H23N5O2. The molecular weight excluding hydrogens is 294 g/mol. The highest BCUT2D eigenvalue weighted by molar-refractivity contribution is 5.79. The average Bonchev–Trinajstić information content (AvgIpc) is 2.95. The number of likely N-dealkylation sites (N-methyl/N-ethyl adjacent to an activating group) is 1. The number of carbonyl (C=O) groups is 1. The normalized spacial score (nSPS) is 17.7. The fraction of sp³-hybridized carbons (Fsp3) is 0.625.